The summed E-state index contributed by atoms with van der Waals surface area (Å²) in [6.07, 6.45) is 0. The molecule has 0 aliphatic carbocycles. The smallest absolute Gasteiger partial charge is 0.257 e. The van der Waals surface area contributed by atoms with Crippen molar-refractivity contribution in [2.24, 2.45) is 5.73 Å². The average molecular weight is 301 g/mol. The first-order chi connectivity index (χ1) is 10.2. The van der Waals surface area contributed by atoms with Crippen LogP contribution in [0.2, 0.25) is 0 Å². The van der Waals surface area contributed by atoms with Crippen molar-refractivity contribution >= 4 is 17.2 Å². The Morgan fingerprint density at radius 2 is 2.10 bits per heavy atom. The number of nitrogens with two attached hydrogens (primary N) is 1. The van der Waals surface area contributed by atoms with Crippen molar-refractivity contribution in [2.45, 2.75) is 6.61 Å². The van der Waals surface area contributed by atoms with Crippen molar-refractivity contribution in [2.75, 3.05) is 0 Å². The Morgan fingerprint density at radius 3 is 2.86 bits per heavy atom. The van der Waals surface area contributed by atoms with Crippen LogP contribution < -0.4 is 10.5 Å². The summed E-state index contributed by atoms with van der Waals surface area (Å²) in [6, 6.07) is 10.5. The van der Waals surface area contributed by atoms with Crippen molar-refractivity contribution in [3.63, 3.8) is 0 Å². The van der Waals surface area contributed by atoms with Gasteiger partial charge in [0.1, 0.15) is 5.75 Å². The SMILES string of the molecule is NC(=O)c1ccccc1OCc1nnc(-c2cccs2)o1. The summed E-state index contributed by atoms with van der Waals surface area (Å²) >= 11 is 1.51. The van der Waals surface area contributed by atoms with E-state index in [2.05, 4.69) is 10.2 Å². The number of primary amides is 1. The summed E-state index contributed by atoms with van der Waals surface area (Å²) in [5, 5.41) is 9.79. The number of thiophene rings is 1. The van der Waals surface area contributed by atoms with Crippen molar-refractivity contribution < 1.29 is 13.9 Å². The molecule has 21 heavy (non-hydrogen) atoms. The molecule has 0 aliphatic rings. The Hall–Kier alpha value is -2.67. The third-order valence-corrected chi connectivity index (χ3v) is 3.56. The lowest BCUT2D eigenvalue weighted by Gasteiger charge is -2.06. The summed E-state index contributed by atoms with van der Waals surface area (Å²) in [6.45, 7) is 0.0721. The van der Waals surface area contributed by atoms with E-state index in [4.69, 9.17) is 14.9 Å². The molecule has 6 nitrogen and oxygen atoms in total. The number of carbonyl (C=O) groups is 1. The molecule has 0 spiro atoms. The molecular formula is C14H11N3O3S. The Kier molecular flexibility index (Phi) is 3.65. The van der Waals surface area contributed by atoms with Crippen LogP contribution in [0.15, 0.2) is 46.2 Å². The number of aromatic nitrogens is 2. The molecule has 0 atom stereocenters. The molecule has 1 amide bonds. The van der Waals surface area contributed by atoms with E-state index in [0.29, 0.717) is 23.1 Å². The zero-order valence-corrected chi connectivity index (χ0v) is 11.7. The fraction of sp³-hybridized carbons (Fsp3) is 0.0714. The monoisotopic (exact) mass is 301 g/mol. The normalized spacial score (nSPS) is 10.5. The van der Waals surface area contributed by atoms with Crippen molar-refractivity contribution in [3.8, 4) is 16.5 Å². The van der Waals surface area contributed by atoms with E-state index >= 15 is 0 Å². The molecular weight excluding hydrogens is 290 g/mol. The highest BCUT2D eigenvalue weighted by Gasteiger charge is 2.12. The van der Waals surface area contributed by atoms with Crippen molar-refractivity contribution in [3.05, 3.63) is 53.2 Å². The maximum Gasteiger partial charge on any atom is 0.257 e. The summed E-state index contributed by atoms with van der Waals surface area (Å²) in [5.41, 5.74) is 5.60. The zero-order chi connectivity index (χ0) is 14.7. The molecule has 106 valence electrons. The number of hydrogen-bond acceptors (Lipinski definition) is 6. The molecule has 2 heterocycles. The topological polar surface area (TPSA) is 91.2 Å². The molecule has 2 aromatic heterocycles. The van der Waals surface area contributed by atoms with Gasteiger partial charge in [0.2, 0.25) is 0 Å². The van der Waals surface area contributed by atoms with Crippen LogP contribution in [-0.2, 0) is 6.61 Å². The van der Waals surface area contributed by atoms with Crippen LogP contribution in [0.5, 0.6) is 5.75 Å². The molecule has 0 fully saturated rings. The number of benzene rings is 1. The van der Waals surface area contributed by atoms with Gasteiger partial charge < -0.3 is 14.9 Å². The van der Waals surface area contributed by atoms with Gasteiger partial charge in [0.05, 0.1) is 10.4 Å². The Bertz CT molecular complexity index is 752. The minimum absolute atomic E-state index is 0.0721. The second-order valence-corrected chi connectivity index (χ2v) is 5.08. The average Bonchev–Trinajstić information content (AvgIpc) is 3.16. The third-order valence-electron chi connectivity index (χ3n) is 2.70. The van der Waals surface area contributed by atoms with Gasteiger partial charge >= 0.3 is 0 Å². The lowest BCUT2D eigenvalue weighted by Crippen LogP contribution is -2.12. The number of para-hydroxylation sites is 1. The summed E-state index contributed by atoms with van der Waals surface area (Å²) in [4.78, 5) is 12.2. The maximum atomic E-state index is 11.3. The van der Waals surface area contributed by atoms with Crippen LogP contribution in [0.25, 0.3) is 10.8 Å². The minimum atomic E-state index is -0.546. The number of carbonyl (C=O) groups excluding carboxylic acids is 1. The first-order valence-electron chi connectivity index (χ1n) is 6.12. The van der Waals surface area contributed by atoms with Crippen LogP contribution in [0.4, 0.5) is 0 Å². The standard InChI is InChI=1S/C14H11N3O3S/c15-13(18)9-4-1-2-5-10(9)19-8-12-16-17-14(20-12)11-6-3-7-21-11/h1-7H,8H2,(H2,15,18). The third kappa shape index (κ3) is 2.92. The number of ether oxygens (including phenoxy) is 1. The summed E-state index contributed by atoms with van der Waals surface area (Å²) in [7, 11) is 0. The Labute approximate surface area is 124 Å². The van der Waals surface area contributed by atoms with Gasteiger partial charge in [-0.25, -0.2) is 0 Å². The second-order valence-electron chi connectivity index (χ2n) is 4.13. The van der Waals surface area contributed by atoms with Gasteiger partial charge in [-0.2, -0.15) is 0 Å². The van der Waals surface area contributed by atoms with Crippen LogP contribution in [0.1, 0.15) is 16.2 Å². The number of hydrogen-bond donors (Lipinski definition) is 1. The quantitative estimate of drug-likeness (QED) is 0.781. The van der Waals surface area contributed by atoms with E-state index in [1.807, 2.05) is 17.5 Å². The molecule has 0 aliphatic heterocycles. The van der Waals surface area contributed by atoms with Crippen molar-refractivity contribution in [1.82, 2.24) is 10.2 Å². The molecule has 2 N–H and O–H groups in total. The fourth-order valence-corrected chi connectivity index (χ4v) is 2.39. The molecule has 1 aromatic carbocycles. The second kappa shape index (κ2) is 5.76. The molecule has 3 rings (SSSR count). The summed E-state index contributed by atoms with van der Waals surface area (Å²) < 4.78 is 11.0. The van der Waals surface area contributed by atoms with Gasteiger partial charge in [0, 0.05) is 0 Å². The molecule has 0 radical (unpaired) electrons. The molecule has 0 saturated carbocycles. The highest BCUT2D eigenvalue weighted by Crippen LogP contribution is 2.24. The minimum Gasteiger partial charge on any atom is -0.483 e. The van der Waals surface area contributed by atoms with Crippen LogP contribution in [0.3, 0.4) is 0 Å². The zero-order valence-electron chi connectivity index (χ0n) is 10.9. The highest BCUT2D eigenvalue weighted by molar-refractivity contribution is 7.13. The van der Waals surface area contributed by atoms with E-state index in [0.717, 1.165) is 4.88 Å². The first-order valence-corrected chi connectivity index (χ1v) is 7.00. The largest absolute Gasteiger partial charge is 0.483 e. The fourth-order valence-electron chi connectivity index (χ4n) is 1.75. The molecule has 0 unspecified atom stereocenters. The predicted molar refractivity (Wildman–Crippen MR) is 76.9 cm³/mol. The van der Waals surface area contributed by atoms with Gasteiger partial charge in [0.25, 0.3) is 17.7 Å². The van der Waals surface area contributed by atoms with E-state index in [1.54, 1.807) is 24.3 Å². The molecule has 0 bridgehead atoms. The first kappa shape index (κ1) is 13.3. The number of amides is 1. The van der Waals surface area contributed by atoms with Crippen LogP contribution in [0, 0.1) is 0 Å². The Balaban J connectivity index is 1.73. The predicted octanol–water partition coefficient (Wildman–Crippen LogP) is 2.48. The lowest BCUT2D eigenvalue weighted by molar-refractivity contribution is 0.0995. The maximum absolute atomic E-state index is 11.3. The van der Waals surface area contributed by atoms with Crippen LogP contribution >= 0.6 is 11.3 Å². The van der Waals surface area contributed by atoms with Gasteiger partial charge in [0.15, 0.2) is 6.61 Å². The summed E-state index contributed by atoms with van der Waals surface area (Å²) in [5.74, 6) is 0.626. The molecule has 0 saturated heterocycles. The Morgan fingerprint density at radius 1 is 1.24 bits per heavy atom. The van der Waals surface area contributed by atoms with Gasteiger partial charge in [-0.3, -0.25) is 4.79 Å². The number of nitrogens with zero attached hydrogens (tertiary/aromatic N) is 2. The van der Waals surface area contributed by atoms with E-state index in [-0.39, 0.29) is 6.61 Å². The van der Waals surface area contributed by atoms with Gasteiger partial charge in [-0.15, -0.1) is 21.5 Å². The van der Waals surface area contributed by atoms with Gasteiger partial charge in [-0.05, 0) is 23.6 Å². The van der Waals surface area contributed by atoms with E-state index < -0.39 is 5.91 Å². The lowest BCUT2D eigenvalue weighted by atomic mass is 10.2. The number of rotatable bonds is 5. The van der Waals surface area contributed by atoms with Crippen molar-refractivity contribution in [1.29, 1.82) is 0 Å². The molecule has 3 aromatic rings. The van der Waals surface area contributed by atoms with E-state index in [9.17, 15) is 4.79 Å². The van der Waals surface area contributed by atoms with E-state index in [1.165, 1.54) is 11.3 Å². The van der Waals surface area contributed by atoms with Crippen LogP contribution in [-0.4, -0.2) is 16.1 Å². The van der Waals surface area contributed by atoms with Gasteiger partial charge in [-0.1, -0.05) is 18.2 Å². The molecule has 7 heteroatoms. The highest BCUT2D eigenvalue weighted by atomic mass is 32.1.